The monoisotopic (exact) mass is 321 g/mol. The first kappa shape index (κ1) is 15.2. The lowest BCUT2D eigenvalue weighted by Gasteiger charge is -2.49. The second-order valence-corrected chi connectivity index (χ2v) is 6.86. The fourth-order valence-electron chi connectivity index (χ4n) is 4.43. The van der Waals surface area contributed by atoms with Crippen molar-refractivity contribution in [3.63, 3.8) is 0 Å². The first-order valence-corrected chi connectivity index (χ1v) is 8.63. The molecule has 1 aliphatic carbocycles. The predicted octanol–water partition coefficient (Wildman–Crippen LogP) is 2.77. The number of nitrogens with one attached hydrogen (secondary N) is 1. The third-order valence-corrected chi connectivity index (χ3v) is 5.49. The topological polar surface area (TPSA) is 58.4 Å². The third-order valence-electron chi connectivity index (χ3n) is 5.49. The van der Waals surface area contributed by atoms with Gasteiger partial charge in [0.15, 0.2) is 0 Å². The van der Waals surface area contributed by atoms with E-state index in [4.69, 9.17) is 5.73 Å². The fourth-order valence-corrected chi connectivity index (χ4v) is 4.43. The maximum absolute atomic E-state index is 11.2. The number of rotatable bonds is 2. The van der Waals surface area contributed by atoms with Gasteiger partial charge in [0.05, 0.1) is 0 Å². The second-order valence-electron chi connectivity index (χ2n) is 6.86. The van der Waals surface area contributed by atoms with Crippen molar-refractivity contribution < 1.29 is 4.79 Å². The molecule has 0 saturated carbocycles. The molecule has 3 aliphatic rings. The number of nitrogens with zero attached hydrogens (tertiary/aromatic N) is 1. The lowest BCUT2D eigenvalue weighted by Crippen LogP contribution is -2.53. The van der Waals surface area contributed by atoms with Crippen molar-refractivity contribution in [1.29, 1.82) is 0 Å². The molecular weight excluding hydrogens is 298 g/mol. The number of primary amides is 1. The Morgan fingerprint density at radius 2 is 1.88 bits per heavy atom. The number of allylic oxidation sites excluding steroid dienone is 3. The molecule has 4 unspecified atom stereocenters. The van der Waals surface area contributed by atoms with Crippen LogP contribution >= 0.6 is 0 Å². The molecule has 0 bridgehead atoms. The fraction of sp³-hybridized carbons (Fsp3) is 0.350. The van der Waals surface area contributed by atoms with Gasteiger partial charge >= 0.3 is 6.03 Å². The molecule has 124 valence electrons. The van der Waals surface area contributed by atoms with Crippen LogP contribution in [0.3, 0.4) is 0 Å². The summed E-state index contributed by atoms with van der Waals surface area (Å²) in [6.07, 6.45) is 12.0. The van der Waals surface area contributed by atoms with Crippen LogP contribution in [-0.2, 0) is 0 Å². The lowest BCUT2D eigenvalue weighted by atomic mass is 9.68. The standard InChI is InChI=1S/C20H23N3O/c21-20(24)22-15-10-11-23-13-18(14-6-2-1-3-7-14)16-8-4-5-9-17(16)19(23)12-15/h1-9,12,16-19H,10-11,13H2,(H3,21,22,24). The van der Waals surface area contributed by atoms with Crippen molar-refractivity contribution in [3.05, 3.63) is 72.0 Å². The zero-order valence-electron chi connectivity index (χ0n) is 13.6. The van der Waals surface area contributed by atoms with E-state index in [9.17, 15) is 4.79 Å². The molecule has 24 heavy (non-hydrogen) atoms. The van der Waals surface area contributed by atoms with Crippen molar-refractivity contribution in [1.82, 2.24) is 10.2 Å². The summed E-state index contributed by atoms with van der Waals surface area (Å²) in [5.41, 5.74) is 7.67. The Labute approximate surface area is 142 Å². The molecule has 4 nitrogen and oxygen atoms in total. The van der Waals surface area contributed by atoms with E-state index in [2.05, 4.69) is 70.9 Å². The van der Waals surface area contributed by atoms with E-state index in [-0.39, 0.29) is 0 Å². The molecule has 1 aromatic carbocycles. The van der Waals surface area contributed by atoms with E-state index in [0.717, 1.165) is 25.2 Å². The lowest BCUT2D eigenvalue weighted by molar-refractivity contribution is 0.0899. The Morgan fingerprint density at radius 1 is 1.12 bits per heavy atom. The molecule has 1 saturated heterocycles. The summed E-state index contributed by atoms with van der Waals surface area (Å²) >= 11 is 0. The van der Waals surface area contributed by atoms with Crippen LogP contribution in [0.5, 0.6) is 0 Å². The van der Waals surface area contributed by atoms with Gasteiger partial charge in [0, 0.05) is 43.1 Å². The highest BCUT2D eigenvalue weighted by Crippen LogP contribution is 2.43. The van der Waals surface area contributed by atoms with Gasteiger partial charge in [-0.15, -0.1) is 0 Å². The van der Waals surface area contributed by atoms with Gasteiger partial charge in [0.25, 0.3) is 0 Å². The highest BCUT2D eigenvalue weighted by atomic mass is 16.2. The van der Waals surface area contributed by atoms with Crippen LogP contribution in [-0.4, -0.2) is 30.1 Å². The summed E-state index contributed by atoms with van der Waals surface area (Å²) < 4.78 is 0. The summed E-state index contributed by atoms with van der Waals surface area (Å²) in [7, 11) is 0. The average Bonchev–Trinajstić information content (AvgIpc) is 2.61. The summed E-state index contributed by atoms with van der Waals surface area (Å²) in [6.45, 7) is 2.01. The molecule has 1 aromatic rings. The summed E-state index contributed by atoms with van der Waals surface area (Å²) in [5, 5.41) is 2.78. The maximum Gasteiger partial charge on any atom is 0.316 e. The number of amides is 2. The molecule has 2 amide bonds. The summed E-state index contributed by atoms with van der Waals surface area (Å²) in [4.78, 5) is 13.7. The van der Waals surface area contributed by atoms with Crippen LogP contribution < -0.4 is 11.1 Å². The molecule has 4 atom stereocenters. The molecule has 2 aliphatic heterocycles. The van der Waals surface area contributed by atoms with Crippen LogP contribution in [0.4, 0.5) is 4.79 Å². The van der Waals surface area contributed by atoms with Crippen molar-refractivity contribution >= 4 is 6.03 Å². The quantitative estimate of drug-likeness (QED) is 0.880. The molecule has 3 N–H and O–H groups in total. The zero-order chi connectivity index (χ0) is 16.5. The van der Waals surface area contributed by atoms with E-state index in [1.54, 1.807) is 0 Å². The number of carbonyl (C=O) groups excluding carboxylic acids is 1. The number of urea groups is 1. The maximum atomic E-state index is 11.2. The SMILES string of the molecule is NC(=O)NC1=CC2C3C=CC=CC3C(c3ccccc3)CN2CC1. The predicted molar refractivity (Wildman–Crippen MR) is 95.2 cm³/mol. The summed E-state index contributed by atoms with van der Waals surface area (Å²) in [6, 6.07) is 10.7. The smallest absolute Gasteiger partial charge is 0.316 e. The largest absolute Gasteiger partial charge is 0.351 e. The highest BCUT2D eigenvalue weighted by Gasteiger charge is 2.42. The second kappa shape index (κ2) is 6.29. The number of nitrogens with two attached hydrogens (primary N) is 1. The molecule has 2 heterocycles. The molecule has 0 aromatic heterocycles. The minimum Gasteiger partial charge on any atom is -0.351 e. The van der Waals surface area contributed by atoms with Crippen LogP contribution in [0.2, 0.25) is 0 Å². The van der Waals surface area contributed by atoms with Crippen molar-refractivity contribution in [3.8, 4) is 0 Å². The van der Waals surface area contributed by atoms with E-state index >= 15 is 0 Å². The number of piperidine rings is 1. The number of hydrogen-bond acceptors (Lipinski definition) is 2. The Bertz CT molecular complexity index is 707. The molecular formula is C20H23N3O. The molecule has 4 rings (SSSR count). The zero-order valence-corrected chi connectivity index (χ0v) is 13.6. The Morgan fingerprint density at radius 3 is 2.62 bits per heavy atom. The Kier molecular flexibility index (Phi) is 3.98. The van der Waals surface area contributed by atoms with E-state index < -0.39 is 6.03 Å². The number of benzene rings is 1. The number of carbonyl (C=O) groups is 1. The van der Waals surface area contributed by atoms with Gasteiger partial charge in [-0.1, -0.05) is 54.6 Å². The first-order chi connectivity index (χ1) is 11.7. The van der Waals surface area contributed by atoms with Gasteiger partial charge < -0.3 is 11.1 Å². The van der Waals surface area contributed by atoms with Gasteiger partial charge in [-0.25, -0.2) is 4.79 Å². The van der Waals surface area contributed by atoms with Crippen LogP contribution in [0, 0.1) is 11.8 Å². The average molecular weight is 321 g/mol. The highest BCUT2D eigenvalue weighted by molar-refractivity contribution is 5.73. The Hall–Kier alpha value is -2.33. The van der Waals surface area contributed by atoms with E-state index in [1.807, 2.05) is 0 Å². The van der Waals surface area contributed by atoms with E-state index in [1.165, 1.54) is 5.56 Å². The van der Waals surface area contributed by atoms with Gasteiger partial charge in [0.1, 0.15) is 0 Å². The minimum absolute atomic E-state index is 0.326. The molecule has 1 fully saturated rings. The van der Waals surface area contributed by atoms with Gasteiger partial charge in [-0.05, 0) is 17.6 Å². The van der Waals surface area contributed by atoms with Crippen molar-refractivity contribution in [2.24, 2.45) is 17.6 Å². The minimum atomic E-state index is -0.469. The van der Waals surface area contributed by atoms with Gasteiger partial charge in [-0.2, -0.15) is 0 Å². The van der Waals surface area contributed by atoms with E-state index in [0.29, 0.717) is 23.8 Å². The molecule has 0 spiro atoms. The number of fused-ring (bicyclic) bond motifs is 3. The van der Waals surface area contributed by atoms with Crippen molar-refractivity contribution in [2.75, 3.05) is 13.1 Å². The number of hydrogen-bond donors (Lipinski definition) is 2. The van der Waals surface area contributed by atoms with Crippen LogP contribution in [0.15, 0.2) is 66.4 Å². The Balaban J connectivity index is 1.65. The van der Waals surface area contributed by atoms with Gasteiger partial charge in [0.2, 0.25) is 0 Å². The normalized spacial score (nSPS) is 31.8. The third kappa shape index (κ3) is 2.78. The van der Waals surface area contributed by atoms with Crippen molar-refractivity contribution in [2.45, 2.75) is 18.4 Å². The summed E-state index contributed by atoms with van der Waals surface area (Å²) in [5.74, 6) is 1.43. The first-order valence-electron chi connectivity index (χ1n) is 8.63. The van der Waals surface area contributed by atoms with Crippen LogP contribution in [0.1, 0.15) is 17.9 Å². The van der Waals surface area contributed by atoms with Crippen LogP contribution in [0.25, 0.3) is 0 Å². The molecule has 0 radical (unpaired) electrons. The molecule has 4 heteroatoms. The van der Waals surface area contributed by atoms with Gasteiger partial charge in [-0.3, -0.25) is 4.90 Å².